The second-order valence-corrected chi connectivity index (χ2v) is 8.38. The standard InChI is InChI=1S/C22H30N2O4/c1-3-24-16-21(28-22(9-10-22)20(24)26)11-14-23(15-12-21)13-8-17-4-6-18(7-5-17)19(25)27-2/h4-7H,3,8-16H2,1-2H3. The predicted octanol–water partition coefficient (Wildman–Crippen LogP) is 2.26. The molecule has 0 N–H and O–H groups in total. The molecule has 0 bridgehead atoms. The Morgan fingerprint density at radius 1 is 1.14 bits per heavy atom. The van der Waals surface area contributed by atoms with Crippen molar-refractivity contribution in [2.75, 3.05) is 39.8 Å². The lowest BCUT2D eigenvalue weighted by Crippen LogP contribution is -2.62. The van der Waals surface area contributed by atoms with E-state index < -0.39 is 5.60 Å². The topological polar surface area (TPSA) is 59.1 Å². The van der Waals surface area contributed by atoms with Crippen molar-refractivity contribution in [3.63, 3.8) is 0 Å². The first kappa shape index (κ1) is 19.4. The van der Waals surface area contributed by atoms with Crippen LogP contribution in [0.5, 0.6) is 0 Å². The van der Waals surface area contributed by atoms with E-state index in [4.69, 9.17) is 9.47 Å². The van der Waals surface area contributed by atoms with Crippen molar-refractivity contribution in [1.82, 2.24) is 9.80 Å². The van der Waals surface area contributed by atoms with Gasteiger partial charge in [0.25, 0.3) is 5.91 Å². The molecule has 6 heteroatoms. The zero-order chi connectivity index (χ0) is 19.8. The molecule has 3 aliphatic rings. The van der Waals surface area contributed by atoms with Crippen LogP contribution < -0.4 is 0 Å². The quantitative estimate of drug-likeness (QED) is 0.727. The van der Waals surface area contributed by atoms with Crippen LogP contribution in [0.4, 0.5) is 0 Å². The van der Waals surface area contributed by atoms with Crippen LogP contribution in [0.15, 0.2) is 24.3 Å². The molecule has 1 aromatic carbocycles. The average molecular weight is 386 g/mol. The monoisotopic (exact) mass is 386 g/mol. The van der Waals surface area contributed by atoms with E-state index in [-0.39, 0.29) is 17.5 Å². The lowest BCUT2D eigenvalue weighted by atomic mass is 9.87. The summed E-state index contributed by atoms with van der Waals surface area (Å²) in [5, 5.41) is 0. The van der Waals surface area contributed by atoms with Crippen molar-refractivity contribution >= 4 is 11.9 Å². The zero-order valence-electron chi connectivity index (χ0n) is 16.9. The summed E-state index contributed by atoms with van der Waals surface area (Å²) in [6, 6.07) is 7.66. The van der Waals surface area contributed by atoms with Gasteiger partial charge in [-0.3, -0.25) is 4.79 Å². The number of likely N-dealkylation sites (N-methyl/N-ethyl adjacent to an activating group) is 1. The number of amides is 1. The van der Waals surface area contributed by atoms with Crippen LogP contribution in [0.2, 0.25) is 0 Å². The van der Waals surface area contributed by atoms with Gasteiger partial charge < -0.3 is 19.3 Å². The molecule has 2 spiro atoms. The smallest absolute Gasteiger partial charge is 0.337 e. The summed E-state index contributed by atoms with van der Waals surface area (Å²) in [6.45, 7) is 6.58. The first-order valence-electron chi connectivity index (χ1n) is 10.4. The number of esters is 1. The minimum Gasteiger partial charge on any atom is -0.465 e. The van der Waals surface area contributed by atoms with E-state index >= 15 is 0 Å². The van der Waals surface area contributed by atoms with Gasteiger partial charge in [-0.15, -0.1) is 0 Å². The van der Waals surface area contributed by atoms with Crippen molar-refractivity contribution in [3.05, 3.63) is 35.4 Å². The van der Waals surface area contributed by atoms with E-state index in [9.17, 15) is 9.59 Å². The number of rotatable bonds is 5. The van der Waals surface area contributed by atoms with Crippen molar-refractivity contribution in [1.29, 1.82) is 0 Å². The second kappa shape index (κ2) is 7.48. The fraction of sp³-hybridized carbons (Fsp3) is 0.636. The van der Waals surface area contributed by atoms with E-state index in [2.05, 4.69) is 11.8 Å². The molecule has 0 atom stereocenters. The zero-order valence-corrected chi connectivity index (χ0v) is 16.9. The summed E-state index contributed by atoms with van der Waals surface area (Å²) in [5.41, 5.74) is 1.17. The Labute approximate surface area is 166 Å². The molecule has 152 valence electrons. The molecule has 1 amide bonds. The molecular weight excluding hydrogens is 356 g/mol. The largest absolute Gasteiger partial charge is 0.465 e. The van der Waals surface area contributed by atoms with Gasteiger partial charge in [-0.2, -0.15) is 0 Å². The molecular formula is C22H30N2O4. The van der Waals surface area contributed by atoms with E-state index in [1.807, 2.05) is 29.2 Å². The predicted molar refractivity (Wildman–Crippen MR) is 105 cm³/mol. The van der Waals surface area contributed by atoms with Gasteiger partial charge in [0.05, 0.1) is 18.3 Å². The number of benzene rings is 1. The summed E-state index contributed by atoms with van der Waals surface area (Å²) in [5.74, 6) is -0.0909. The van der Waals surface area contributed by atoms with Crippen LogP contribution in [-0.2, 0) is 20.7 Å². The molecule has 2 aliphatic heterocycles. The third kappa shape index (κ3) is 3.67. The molecule has 3 fully saturated rings. The number of ether oxygens (including phenoxy) is 2. The molecule has 4 rings (SSSR count). The first-order valence-corrected chi connectivity index (χ1v) is 10.4. The third-order valence-corrected chi connectivity index (χ3v) is 6.51. The average Bonchev–Trinajstić information content (AvgIpc) is 3.50. The summed E-state index contributed by atoms with van der Waals surface area (Å²) in [4.78, 5) is 28.6. The Hall–Kier alpha value is -1.92. The molecule has 28 heavy (non-hydrogen) atoms. The van der Waals surface area contributed by atoms with Gasteiger partial charge in [-0.1, -0.05) is 12.1 Å². The van der Waals surface area contributed by atoms with Gasteiger partial charge >= 0.3 is 5.97 Å². The lowest BCUT2D eigenvalue weighted by Gasteiger charge is -2.50. The van der Waals surface area contributed by atoms with Gasteiger partial charge in [-0.05, 0) is 56.7 Å². The second-order valence-electron chi connectivity index (χ2n) is 8.38. The fourth-order valence-corrected chi connectivity index (χ4v) is 4.54. The lowest BCUT2D eigenvalue weighted by molar-refractivity contribution is -0.200. The van der Waals surface area contributed by atoms with Gasteiger partial charge in [0.15, 0.2) is 0 Å². The van der Waals surface area contributed by atoms with Crippen LogP contribution in [-0.4, -0.2) is 72.7 Å². The summed E-state index contributed by atoms with van der Waals surface area (Å²) in [6.07, 6.45) is 4.70. The normalized spacial score (nSPS) is 23.2. The highest BCUT2D eigenvalue weighted by atomic mass is 16.5. The number of likely N-dealkylation sites (tertiary alicyclic amines) is 1. The van der Waals surface area contributed by atoms with Gasteiger partial charge in [0.2, 0.25) is 0 Å². The van der Waals surface area contributed by atoms with Crippen molar-refractivity contribution in [3.8, 4) is 0 Å². The summed E-state index contributed by atoms with van der Waals surface area (Å²) < 4.78 is 11.2. The molecule has 2 heterocycles. The summed E-state index contributed by atoms with van der Waals surface area (Å²) >= 11 is 0. The van der Waals surface area contributed by atoms with E-state index in [1.54, 1.807) is 0 Å². The molecule has 1 aliphatic carbocycles. The van der Waals surface area contributed by atoms with Gasteiger partial charge in [0.1, 0.15) is 5.60 Å². The number of nitrogens with zero attached hydrogens (tertiary/aromatic N) is 2. The Bertz CT molecular complexity index is 733. The highest BCUT2D eigenvalue weighted by molar-refractivity contribution is 5.89. The Morgan fingerprint density at radius 2 is 1.82 bits per heavy atom. The molecule has 0 radical (unpaired) electrons. The van der Waals surface area contributed by atoms with Crippen LogP contribution >= 0.6 is 0 Å². The number of carbonyl (C=O) groups excluding carboxylic acids is 2. The molecule has 6 nitrogen and oxygen atoms in total. The van der Waals surface area contributed by atoms with E-state index in [0.717, 1.165) is 64.8 Å². The first-order chi connectivity index (χ1) is 13.5. The number of carbonyl (C=O) groups is 2. The van der Waals surface area contributed by atoms with Gasteiger partial charge in [-0.25, -0.2) is 4.79 Å². The van der Waals surface area contributed by atoms with Crippen LogP contribution in [0, 0.1) is 0 Å². The maximum Gasteiger partial charge on any atom is 0.337 e. The van der Waals surface area contributed by atoms with Crippen LogP contribution in [0.25, 0.3) is 0 Å². The minimum atomic E-state index is -0.488. The molecule has 0 aromatic heterocycles. The Morgan fingerprint density at radius 3 is 2.39 bits per heavy atom. The van der Waals surface area contributed by atoms with E-state index in [1.165, 1.54) is 12.7 Å². The highest BCUT2D eigenvalue weighted by Crippen LogP contribution is 2.49. The maximum atomic E-state index is 12.5. The molecule has 0 unspecified atom stereocenters. The molecule has 2 saturated heterocycles. The van der Waals surface area contributed by atoms with Crippen LogP contribution in [0.3, 0.4) is 0 Å². The number of piperidine rings is 1. The van der Waals surface area contributed by atoms with Crippen molar-refractivity contribution in [2.45, 2.75) is 50.2 Å². The highest BCUT2D eigenvalue weighted by Gasteiger charge is 2.61. The number of hydrogen-bond donors (Lipinski definition) is 0. The number of methoxy groups -OCH3 is 1. The fourth-order valence-electron chi connectivity index (χ4n) is 4.54. The van der Waals surface area contributed by atoms with Gasteiger partial charge in [0, 0.05) is 32.7 Å². The van der Waals surface area contributed by atoms with Crippen molar-refractivity contribution in [2.24, 2.45) is 0 Å². The SMILES string of the molecule is CCN1CC2(CCN(CCc3ccc(C(=O)OC)cc3)CC2)OC2(CC2)C1=O. The molecule has 1 saturated carbocycles. The Balaban J connectivity index is 1.30. The molecule has 1 aromatic rings. The van der Waals surface area contributed by atoms with Crippen molar-refractivity contribution < 1.29 is 19.1 Å². The number of morpholine rings is 1. The Kier molecular flexibility index (Phi) is 5.19. The van der Waals surface area contributed by atoms with E-state index in [0.29, 0.717) is 5.56 Å². The summed E-state index contributed by atoms with van der Waals surface area (Å²) in [7, 11) is 1.40. The minimum absolute atomic E-state index is 0.154. The maximum absolute atomic E-state index is 12.5. The number of hydrogen-bond acceptors (Lipinski definition) is 5. The third-order valence-electron chi connectivity index (χ3n) is 6.51. The van der Waals surface area contributed by atoms with Crippen LogP contribution in [0.1, 0.15) is 48.5 Å².